The van der Waals surface area contributed by atoms with Crippen LogP contribution in [0.3, 0.4) is 0 Å². The Morgan fingerprint density at radius 1 is 1.12 bits per heavy atom. The van der Waals surface area contributed by atoms with E-state index in [1.54, 1.807) is 6.07 Å². The first-order chi connectivity index (χ1) is 7.77. The molecule has 1 fully saturated rings. The van der Waals surface area contributed by atoms with Crippen LogP contribution in [0.2, 0.25) is 0 Å². The molecule has 3 nitrogen and oxygen atoms in total. The summed E-state index contributed by atoms with van der Waals surface area (Å²) < 4.78 is 0. The van der Waals surface area contributed by atoms with Gasteiger partial charge in [-0.2, -0.15) is 0 Å². The van der Waals surface area contributed by atoms with Crippen molar-refractivity contribution in [1.82, 2.24) is 5.32 Å². The number of aromatic hydroxyl groups is 2. The number of rotatable bonds is 3. The van der Waals surface area contributed by atoms with Gasteiger partial charge in [-0.05, 0) is 18.9 Å². The standard InChI is InChI=1S/C13H19NO2/c15-12-8-4-5-10(13(12)16)9-14-11-6-2-1-3-7-11/h4-5,8,11,14-16H,1-3,6-7,9H2. The molecular formula is C13H19NO2. The Morgan fingerprint density at radius 3 is 2.62 bits per heavy atom. The molecule has 0 bridgehead atoms. The topological polar surface area (TPSA) is 52.5 Å². The highest BCUT2D eigenvalue weighted by atomic mass is 16.3. The number of phenols is 2. The van der Waals surface area contributed by atoms with Crippen LogP contribution in [-0.4, -0.2) is 16.3 Å². The molecule has 2 rings (SSSR count). The maximum atomic E-state index is 9.64. The van der Waals surface area contributed by atoms with Gasteiger partial charge in [0.1, 0.15) is 0 Å². The summed E-state index contributed by atoms with van der Waals surface area (Å²) in [6, 6.07) is 5.66. The molecule has 1 aliphatic carbocycles. The van der Waals surface area contributed by atoms with Gasteiger partial charge in [-0.15, -0.1) is 0 Å². The minimum Gasteiger partial charge on any atom is -0.504 e. The average molecular weight is 221 g/mol. The molecule has 0 saturated heterocycles. The normalized spacial score (nSPS) is 17.5. The van der Waals surface area contributed by atoms with Crippen LogP contribution in [-0.2, 0) is 6.54 Å². The van der Waals surface area contributed by atoms with E-state index in [0.717, 1.165) is 5.56 Å². The molecule has 0 amide bonds. The molecule has 3 heteroatoms. The van der Waals surface area contributed by atoms with Crippen LogP contribution in [0.4, 0.5) is 0 Å². The van der Waals surface area contributed by atoms with Gasteiger partial charge in [0.15, 0.2) is 11.5 Å². The molecule has 0 spiro atoms. The van der Waals surface area contributed by atoms with Crippen molar-refractivity contribution in [3.63, 3.8) is 0 Å². The lowest BCUT2D eigenvalue weighted by Gasteiger charge is -2.23. The van der Waals surface area contributed by atoms with E-state index in [9.17, 15) is 10.2 Å². The maximum absolute atomic E-state index is 9.64. The molecule has 0 radical (unpaired) electrons. The van der Waals surface area contributed by atoms with Gasteiger partial charge in [0.2, 0.25) is 0 Å². The minimum atomic E-state index is -0.0389. The second-order valence-electron chi connectivity index (χ2n) is 4.50. The predicted octanol–water partition coefficient (Wildman–Crippen LogP) is 2.52. The number of hydrogen-bond donors (Lipinski definition) is 3. The van der Waals surface area contributed by atoms with Crippen molar-refractivity contribution in [3.8, 4) is 11.5 Å². The predicted molar refractivity (Wildman–Crippen MR) is 63.5 cm³/mol. The fraction of sp³-hybridized carbons (Fsp3) is 0.538. The molecule has 1 saturated carbocycles. The third-order valence-corrected chi connectivity index (χ3v) is 3.28. The molecule has 1 aromatic rings. The molecule has 16 heavy (non-hydrogen) atoms. The molecule has 88 valence electrons. The number of hydrogen-bond acceptors (Lipinski definition) is 3. The van der Waals surface area contributed by atoms with Crippen LogP contribution in [0.25, 0.3) is 0 Å². The largest absolute Gasteiger partial charge is 0.504 e. The molecule has 3 N–H and O–H groups in total. The van der Waals surface area contributed by atoms with Gasteiger partial charge in [0.05, 0.1) is 0 Å². The van der Waals surface area contributed by atoms with E-state index in [2.05, 4.69) is 5.32 Å². The molecule has 0 aromatic heterocycles. The first-order valence-electron chi connectivity index (χ1n) is 6.00. The van der Waals surface area contributed by atoms with Crippen molar-refractivity contribution in [1.29, 1.82) is 0 Å². The quantitative estimate of drug-likeness (QED) is 0.687. The molecule has 0 heterocycles. The van der Waals surface area contributed by atoms with Gasteiger partial charge in [0.25, 0.3) is 0 Å². The zero-order valence-electron chi connectivity index (χ0n) is 9.45. The summed E-state index contributed by atoms with van der Waals surface area (Å²) in [6.45, 7) is 0.630. The van der Waals surface area contributed by atoms with E-state index in [1.807, 2.05) is 6.07 Å². The van der Waals surface area contributed by atoms with Crippen molar-refractivity contribution < 1.29 is 10.2 Å². The third kappa shape index (κ3) is 2.67. The Balaban J connectivity index is 1.91. The summed E-state index contributed by atoms with van der Waals surface area (Å²) in [4.78, 5) is 0. The second kappa shape index (κ2) is 5.21. The van der Waals surface area contributed by atoms with Gasteiger partial charge in [-0.3, -0.25) is 0 Å². The summed E-state index contributed by atoms with van der Waals surface area (Å²) in [6.07, 6.45) is 6.38. The molecular weight excluding hydrogens is 202 g/mol. The number of phenolic OH excluding ortho intramolecular Hbond substituents is 2. The maximum Gasteiger partial charge on any atom is 0.161 e. The summed E-state index contributed by atoms with van der Waals surface area (Å²) in [5.41, 5.74) is 0.769. The Labute approximate surface area is 96.1 Å². The van der Waals surface area contributed by atoms with E-state index in [-0.39, 0.29) is 11.5 Å². The van der Waals surface area contributed by atoms with E-state index < -0.39 is 0 Å². The summed E-state index contributed by atoms with van der Waals surface area (Å²) in [7, 11) is 0. The van der Waals surface area contributed by atoms with Gasteiger partial charge in [-0.1, -0.05) is 31.4 Å². The van der Waals surface area contributed by atoms with Gasteiger partial charge >= 0.3 is 0 Å². The summed E-state index contributed by atoms with van der Waals surface area (Å²) >= 11 is 0. The van der Waals surface area contributed by atoms with Crippen LogP contribution in [0.5, 0.6) is 11.5 Å². The fourth-order valence-electron chi connectivity index (χ4n) is 2.28. The SMILES string of the molecule is Oc1cccc(CNC2CCCCC2)c1O. The lowest BCUT2D eigenvalue weighted by Crippen LogP contribution is -2.30. The number of para-hydroxylation sites is 1. The third-order valence-electron chi connectivity index (χ3n) is 3.28. The first kappa shape index (κ1) is 11.3. The highest BCUT2D eigenvalue weighted by Crippen LogP contribution is 2.28. The fourth-order valence-corrected chi connectivity index (χ4v) is 2.28. The molecule has 0 aliphatic heterocycles. The number of nitrogens with one attached hydrogen (secondary N) is 1. The summed E-state index contributed by atoms with van der Waals surface area (Å²) in [5.74, 6) is -0.0336. The van der Waals surface area contributed by atoms with Crippen LogP contribution >= 0.6 is 0 Å². The van der Waals surface area contributed by atoms with Gasteiger partial charge < -0.3 is 15.5 Å². The Hall–Kier alpha value is -1.22. The first-order valence-corrected chi connectivity index (χ1v) is 6.00. The van der Waals surface area contributed by atoms with Crippen LogP contribution in [0, 0.1) is 0 Å². The Bertz CT molecular complexity index is 346. The van der Waals surface area contributed by atoms with Crippen molar-refractivity contribution in [2.45, 2.75) is 44.7 Å². The minimum absolute atomic E-state index is 0.00538. The van der Waals surface area contributed by atoms with Crippen LogP contribution in [0.1, 0.15) is 37.7 Å². The Morgan fingerprint density at radius 2 is 1.88 bits per heavy atom. The lowest BCUT2D eigenvalue weighted by atomic mass is 9.95. The zero-order chi connectivity index (χ0) is 11.4. The molecule has 0 unspecified atom stereocenters. The molecule has 1 aromatic carbocycles. The zero-order valence-corrected chi connectivity index (χ0v) is 9.45. The van der Waals surface area contributed by atoms with E-state index in [1.165, 1.54) is 38.2 Å². The van der Waals surface area contributed by atoms with Crippen molar-refractivity contribution in [3.05, 3.63) is 23.8 Å². The molecule has 0 atom stereocenters. The van der Waals surface area contributed by atoms with Gasteiger partial charge in [0, 0.05) is 18.2 Å². The van der Waals surface area contributed by atoms with Gasteiger partial charge in [-0.25, -0.2) is 0 Å². The van der Waals surface area contributed by atoms with Crippen molar-refractivity contribution >= 4 is 0 Å². The van der Waals surface area contributed by atoms with Crippen molar-refractivity contribution in [2.75, 3.05) is 0 Å². The Kier molecular flexibility index (Phi) is 3.67. The average Bonchev–Trinajstić information content (AvgIpc) is 2.32. The molecule has 1 aliphatic rings. The lowest BCUT2D eigenvalue weighted by molar-refractivity contribution is 0.364. The van der Waals surface area contributed by atoms with E-state index in [4.69, 9.17) is 0 Å². The number of benzene rings is 1. The van der Waals surface area contributed by atoms with Crippen LogP contribution in [0.15, 0.2) is 18.2 Å². The van der Waals surface area contributed by atoms with E-state index in [0.29, 0.717) is 12.6 Å². The van der Waals surface area contributed by atoms with Crippen LogP contribution < -0.4 is 5.32 Å². The smallest absolute Gasteiger partial charge is 0.161 e. The van der Waals surface area contributed by atoms with E-state index >= 15 is 0 Å². The second-order valence-corrected chi connectivity index (χ2v) is 4.50. The highest BCUT2D eigenvalue weighted by Gasteiger charge is 2.13. The monoisotopic (exact) mass is 221 g/mol. The highest BCUT2D eigenvalue weighted by molar-refractivity contribution is 5.44. The summed E-state index contributed by atoms with van der Waals surface area (Å²) in [5, 5.41) is 22.4. The van der Waals surface area contributed by atoms with Crippen molar-refractivity contribution in [2.24, 2.45) is 0 Å².